The van der Waals surface area contributed by atoms with Gasteiger partial charge < -0.3 is 19.9 Å². The Morgan fingerprint density at radius 3 is 2.48 bits per heavy atom. The van der Waals surface area contributed by atoms with Crippen molar-refractivity contribution in [2.75, 3.05) is 18.6 Å². The van der Waals surface area contributed by atoms with Crippen molar-refractivity contribution in [2.24, 2.45) is 0 Å². The number of halogens is 2. The van der Waals surface area contributed by atoms with Crippen LogP contribution in [0.15, 0.2) is 36.4 Å². The predicted octanol–water partition coefficient (Wildman–Crippen LogP) is 5.27. The Morgan fingerprint density at radius 1 is 1.17 bits per heavy atom. The maximum absolute atomic E-state index is 11.4. The Labute approximate surface area is 185 Å². The summed E-state index contributed by atoms with van der Waals surface area (Å²) in [4.78, 5) is 11.4. The lowest BCUT2D eigenvalue weighted by Gasteiger charge is -2.17. The smallest absolute Gasteiger partial charge is 0.320 e. The van der Waals surface area contributed by atoms with Gasteiger partial charge in [0.15, 0.2) is 11.5 Å². The van der Waals surface area contributed by atoms with Crippen LogP contribution in [0, 0.1) is 0 Å². The molecule has 29 heavy (non-hydrogen) atoms. The summed E-state index contributed by atoms with van der Waals surface area (Å²) < 4.78 is 11.6. The van der Waals surface area contributed by atoms with E-state index in [2.05, 4.69) is 5.32 Å². The number of benzene rings is 2. The molecule has 5 nitrogen and oxygen atoms in total. The number of carboxylic acids is 1. The summed E-state index contributed by atoms with van der Waals surface area (Å²) in [6.45, 7) is 3.03. The van der Waals surface area contributed by atoms with E-state index in [1.54, 1.807) is 36.0 Å². The summed E-state index contributed by atoms with van der Waals surface area (Å²) in [7, 11) is 0. The van der Waals surface area contributed by atoms with Crippen LogP contribution in [-0.2, 0) is 17.9 Å². The van der Waals surface area contributed by atoms with Gasteiger partial charge in [-0.1, -0.05) is 35.3 Å². The second-order valence-electron chi connectivity index (χ2n) is 6.29. The van der Waals surface area contributed by atoms with Gasteiger partial charge in [0.2, 0.25) is 0 Å². The largest absolute Gasteiger partial charge is 0.490 e. The van der Waals surface area contributed by atoms with Gasteiger partial charge in [-0.2, -0.15) is 11.8 Å². The van der Waals surface area contributed by atoms with Crippen LogP contribution < -0.4 is 14.8 Å². The summed E-state index contributed by atoms with van der Waals surface area (Å²) in [5.41, 5.74) is 1.72. The van der Waals surface area contributed by atoms with Crippen LogP contribution in [0.25, 0.3) is 0 Å². The number of carbonyl (C=O) groups is 1. The van der Waals surface area contributed by atoms with Crippen molar-refractivity contribution in [2.45, 2.75) is 32.5 Å². The number of rotatable bonds is 12. The van der Waals surface area contributed by atoms with Gasteiger partial charge in [0.25, 0.3) is 0 Å². The Morgan fingerprint density at radius 2 is 1.86 bits per heavy atom. The van der Waals surface area contributed by atoms with Crippen LogP contribution in [0.4, 0.5) is 0 Å². The average Bonchev–Trinajstić information content (AvgIpc) is 2.69. The summed E-state index contributed by atoms with van der Waals surface area (Å²) in [6, 6.07) is 10.3. The highest BCUT2D eigenvalue weighted by atomic mass is 35.5. The van der Waals surface area contributed by atoms with Crippen LogP contribution in [0.2, 0.25) is 10.0 Å². The molecule has 0 aromatic heterocycles. The van der Waals surface area contributed by atoms with E-state index in [4.69, 9.17) is 32.7 Å². The second-order valence-corrected chi connectivity index (χ2v) is 8.12. The third kappa shape index (κ3) is 7.63. The molecule has 1 unspecified atom stereocenters. The lowest BCUT2D eigenvalue weighted by atomic mass is 10.1. The van der Waals surface area contributed by atoms with Gasteiger partial charge in [-0.05, 0) is 54.7 Å². The summed E-state index contributed by atoms with van der Waals surface area (Å²) in [5, 5.41) is 13.6. The van der Waals surface area contributed by atoms with Crippen molar-refractivity contribution in [3.05, 3.63) is 57.6 Å². The first-order valence-corrected chi connectivity index (χ1v) is 11.4. The molecular weight excluding hydrogens is 433 g/mol. The maximum atomic E-state index is 11.4. The van der Waals surface area contributed by atoms with Crippen molar-refractivity contribution in [1.29, 1.82) is 0 Å². The third-order valence-electron chi connectivity index (χ3n) is 4.17. The molecule has 0 radical (unpaired) electrons. The molecular formula is C21H25Cl2NO4S. The van der Waals surface area contributed by atoms with E-state index >= 15 is 0 Å². The van der Waals surface area contributed by atoms with E-state index in [1.807, 2.05) is 25.3 Å². The van der Waals surface area contributed by atoms with Crippen molar-refractivity contribution in [1.82, 2.24) is 5.32 Å². The van der Waals surface area contributed by atoms with Gasteiger partial charge >= 0.3 is 5.97 Å². The lowest BCUT2D eigenvalue weighted by Crippen LogP contribution is -2.36. The zero-order chi connectivity index (χ0) is 21.2. The van der Waals surface area contributed by atoms with Crippen LogP contribution in [0.3, 0.4) is 0 Å². The van der Waals surface area contributed by atoms with E-state index < -0.39 is 12.0 Å². The van der Waals surface area contributed by atoms with Crippen LogP contribution in [0.5, 0.6) is 11.5 Å². The first-order valence-electron chi connectivity index (χ1n) is 9.22. The number of hydrogen-bond donors (Lipinski definition) is 2. The molecule has 0 aliphatic heterocycles. The monoisotopic (exact) mass is 457 g/mol. The maximum Gasteiger partial charge on any atom is 0.320 e. The first-order chi connectivity index (χ1) is 13.9. The average molecular weight is 458 g/mol. The number of thioether (sulfide) groups is 1. The highest BCUT2D eigenvalue weighted by molar-refractivity contribution is 7.98. The Balaban J connectivity index is 2.11. The molecule has 0 amide bonds. The molecule has 0 bridgehead atoms. The van der Waals surface area contributed by atoms with Crippen LogP contribution >= 0.6 is 35.0 Å². The van der Waals surface area contributed by atoms with E-state index in [0.717, 1.165) is 16.9 Å². The fraction of sp³-hybridized carbons (Fsp3) is 0.381. The lowest BCUT2D eigenvalue weighted by molar-refractivity contribution is -0.139. The quantitative estimate of drug-likeness (QED) is 0.452. The molecule has 0 saturated heterocycles. The van der Waals surface area contributed by atoms with Crippen molar-refractivity contribution in [3.63, 3.8) is 0 Å². The number of carboxylic acid groups (broad SMARTS) is 1. The molecule has 0 fully saturated rings. The van der Waals surface area contributed by atoms with Crippen molar-refractivity contribution < 1.29 is 19.4 Å². The van der Waals surface area contributed by atoms with Crippen LogP contribution in [0.1, 0.15) is 24.5 Å². The van der Waals surface area contributed by atoms with Gasteiger partial charge in [-0.15, -0.1) is 0 Å². The molecule has 2 aromatic rings. The van der Waals surface area contributed by atoms with E-state index in [1.165, 1.54) is 0 Å². The van der Waals surface area contributed by atoms with Crippen molar-refractivity contribution >= 4 is 40.9 Å². The summed E-state index contributed by atoms with van der Waals surface area (Å²) in [5.74, 6) is 0.994. The predicted molar refractivity (Wildman–Crippen MR) is 120 cm³/mol. The molecule has 1 atom stereocenters. The number of nitrogens with one attached hydrogen (secondary N) is 1. The number of hydrogen-bond acceptors (Lipinski definition) is 5. The zero-order valence-electron chi connectivity index (χ0n) is 16.4. The minimum atomic E-state index is -0.872. The highest BCUT2D eigenvalue weighted by Gasteiger charge is 2.18. The minimum absolute atomic E-state index is 0.321. The third-order valence-corrected chi connectivity index (χ3v) is 5.42. The molecule has 2 N–H and O–H groups in total. The van der Waals surface area contributed by atoms with Gasteiger partial charge in [0, 0.05) is 22.7 Å². The van der Waals surface area contributed by atoms with E-state index in [9.17, 15) is 9.90 Å². The topological polar surface area (TPSA) is 67.8 Å². The second kappa shape index (κ2) is 12.2. The fourth-order valence-corrected chi connectivity index (χ4v) is 3.44. The van der Waals surface area contributed by atoms with Crippen LogP contribution in [-0.4, -0.2) is 35.7 Å². The zero-order valence-corrected chi connectivity index (χ0v) is 18.7. The SMILES string of the molecule is CCOc1cc(CNC(CCSC)C(=O)O)c(Cl)cc1OCc1ccc(Cl)cc1. The fourth-order valence-electron chi connectivity index (χ4n) is 2.62. The van der Waals surface area contributed by atoms with Gasteiger partial charge in [0.1, 0.15) is 12.6 Å². The van der Waals surface area contributed by atoms with Gasteiger partial charge in [0.05, 0.1) is 6.61 Å². The molecule has 0 heterocycles. The Hall–Kier alpha value is -1.60. The Bertz CT molecular complexity index is 802. The Kier molecular flexibility index (Phi) is 9.94. The van der Waals surface area contributed by atoms with Gasteiger partial charge in [-0.3, -0.25) is 4.79 Å². The highest BCUT2D eigenvalue weighted by Crippen LogP contribution is 2.34. The molecule has 0 saturated carbocycles. The van der Waals surface area contributed by atoms with E-state index in [-0.39, 0.29) is 0 Å². The molecule has 2 rings (SSSR count). The molecule has 8 heteroatoms. The van der Waals surface area contributed by atoms with Crippen molar-refractivity contribution in [3.8, 4) is 11.5 Å². The summed E-state index contributed by atoms with van der Waals surface area (Å²) in [6.07, 6.45) is 2.49. The number of aliphatic carboxylic acids is 1. The number of ether oxygens (including phenoxy) is 2. The summed E-state index contributed by atoms with van der Waals surface area (Å²) >= 11 is 14.0. The standard InChI is InChI=1S/C21H25Cl2NO4S/c1-3-27-19-10-15(12-24-18(21(25)26)8-9-29-2)17(23)11-20(19)28-13-14-4-6-16(22)7-5-14/h4-7,10-11,18,24H,3,8-9,12-13H2,1-2H3,(H,25,26). The minimum Gasteiger partial charge on any atom is -0.490 e. The normalized spacial score (nSPS) is 11.9. The van der Waals surface area contributed by atoms with Gasteiger partial charge in [-0.25, -0.2) is 0 Å². The molecule has 2 aromatic carbocycles. The van der Waals surface area contributed by atoms with E-state index in [0.29, 0.717) is 47.7 Å². The first kappa shape index (κ1) is 23.7. The molecule has 158 valence electrons. The molecule has 0 aliphatic carbocycles. The molecule has 0 aliphatic rings. The molecule has 0 spiro atoms.